The minimum absolute atomic E-state index is 0.173. The third-order valence-corrected chi connectivity index (χ3v) is 2.99. The molecule has 2 N–H and O–H groups in total. The third-order valence-electron chi connectivity index (χ3n) is 2.31. The summed E-state index contributed by atoms with van der Waals surface area (Å²) in [5.74, 6) is -2.45. The zero-order valence-electron chi connectivity index (χ0n) is 10.0. The number of anilines is 1. The molecule has 0 radical (unpaired) electrons. The van der Waals surface area contributed by atoms with Crippen molar-refractivity contribution in [1.82, 2.24) is 4.98 Å². The summed E-state index contributed by atoms with van der Waals surface area (Å²) >= 11 is 1.21. The Morgan fingerprint density at radius 1 is 1.40 bits per heavy atom. The van der Waals surface area contributed by atoms with Gasteiger partial charge in [-0.05, 0) is 23.8 Å². The highest BCUT2D eigenvalue weighted by Crippen LogP contribution is 2.16. The fraction of sp³-hybridized carbons (Fsp3) is 0. The lowest BCUT2D eigenvalue weighted by Gasteiger charge is -2.04. The van der Waals surface area contributed by atoms with E-state index in [-0.39, 0.29) is 5.56 Å². The van der Waals surface area contributed by atoms with Crippen LogP contribution in [0.25, 0.3) is 6.08 Å². The Bertz CT molecular complexity index is 668. The van der Waals surface area contributed by atoms with Gasteiger partial charge in [0.25, 0.3) is 5.91 Å². The molecular formula is C13H9FN2O3S. The van der Waals surface area contributed by atoms with Gasteiger partial charge in [-0.2, -0.15) is 0 Å². The first-order valence-corrected chi connectivity index (χ1v) is 6.35. The molecule has 1 heterocycles. The van der Waals surface area contributed by atoms with Gasteiger partial charge in [0, 0.05) is 17.7 Å². The molecule has 0 aliphatic heterocycles. The summed E-state index contributed by atoms with van der Waals surface area (Å²) in [5, 5.41) is 13.0. The van der Waals surface area contributed by atoms with Crippen LogP contribution in [-0.4, -0.2) is 22.0 Å². The number of carbonyl (C=O) groups is 2. The molecule has 0 spiro atoms. The van der Waals surface area contributed by atoms with Gasteiger partial charge in [-0.3, -0.25) is 10.1 Å². The lowest BCUT2D eigenvalue weighted by Crippen LogP contribution is -2.13. The SMILES string of the molecule is O=C(O)C=Cc1ccc(F)c(C(=O)Nc2nccs2)c1. The number of carboxylic acid groups (broad SMARTS) is 1. The fourth-order valence-corrected chi connectivity index (χ4v) is 1.96. The van der Waals surface area contributed by atoms with Crippen molar-refractivity contribution in [2.24, 2.45) is 0 Å². The van der Waals surface area contributed by atoms with Crippen LogP contribution in [0.15, 0.2) is 35.9 Å². The number of aliphatic carboxylic acids is 1. The minimum Gasteiger partial charge on any atom is -0.478 e. The average molecular weight is 292 g/mol. The molecule has 2 aromatic rings. The molecule has 1 aromatic carbocycles. The van der Waals surface area contributed by atoms with Gasteiger partial charge in [0.1, 0.15) is 5.82 Å². The van der Waals surface area contributed by atoms with E-state index in [1.54, 1.807) is 5.38 Å². The summed E-state index contributed by atoms with van der Waals surface area (Å²) in [5.41, 5.74) is 0.242. The van der Waals surface area contributed by atoms with Gasteiger partial charge in [0.05, 0.1) is 5.56 Å². The van der Waals surface area contributed by atoms with Crippen molar-refractivity contribution in [1.29, 1.82) is 0 Å². The zero-order valence-corrected chi connectivity index (χ0v) is 10.9. The monoisotopic (exact) mass is 292 g/mol. The number of nitrogens with zero attached hydrogens (tertiary/aromatic N) is 1. The number of carbonyl (C=O) groups excluding carboxylic acids is 1. The maximum absolute atomic E-state index is 13.6. The highest BCUT2D eigenvalue weighted by atomic mass is 32.1. The molecule has 0 fully saturated rings. The summed E-state index contributed by atoms with van der Waals surface area (Å²) < 4.78 is 13.6. The summed E-state index contributed by atoms with van der Waals surface area (Å²) in [7, 11) is 0. The molecule has 0 atom stereocenters. The molecule has 5 nitrogen and oxygen atoms in total. The number of amides is 1. The Morgan fingerprint density at radius 2 is 2.20 bits per heavy atom. The second-order valence-corrected chi connectivity index (χ2v) is 4.60. The average Bonchev–Trinajstić information content (AvgIpc) is 2.90. The zero-order chi connectivity index (χ0) is 14.5. The first-order chi connectivity index (χ1) is 9.56. The molecular weight excluding hydrogens is 283 g/mol. The Kier molecular flexibility index (Phi) is 4.21. The predicted octanol–water partition coefficient (Wildman–Crippen LogP) is 2.63. The second-order valence-electron chi connectivity index (χ2n) is 3.70. The first kappa shape index (κ1) is 13.9. The lowest BCUT2D eigenvalue weighted by molar-refractivity contribution is -0.131. The van der Waals surface area contributed by atoms with E-state index in [4.69, 9.17) is 5.11 Å². The van der Waals surface area contributed by atoms with Crippen molar-refractivity contribution < 1.29 is 19.1 Å². The molecule has 1 aromatic heterocycles. The molecule has 0 unspecified atom stereocenters. The number of nitrogens with one attached hydrogen (secondary N) is 1. The van der Waals surface area contributed by atoms with Crippen molar-refractivity contribution in [2.75, 3.05) is 5.32 Å². The van der Waals surface area contributed by atoms with E-state index in [2.05, 4.69) is 10.3 Å². The summed E-state index contributed by atoms with van der Waals surface area (Å²) in [6.07, 6.45) is 3.71. The second kappa shape index (κ2) is 6.07. The van der Waals surface area contributed by atoms with Gasteiger partial charge in [-0.15, -0.1) is 11.3 Å². The van der Waals surface area contributed by atoms with Crippen LogP contribution in [0.2, 0.25) is 0 Å². The number of benzene rings is 1. The van der Waals surface area contributed by atoms with E-state index in [1.807, 2.05) is 0 Å². The highest BCUT2D eigenvalue weighted by molar-refractivity contribution is 7.13. The van der Waals surface area contributed by atoms with E-state index < -0.39 is 17.7 Å². The molecule has 0 saturated heterocycles. The van der Waals surface area contributed by atoms with Crippen molar-refractivity contribution in [3.05, 3.63) is 52.8 Å². The Balaban J connectivity index is 2.24. The predicted molar refractivity (Wildman–Crippen MR) is 73.1 cm³/mol. The van der Waals surface area contributed by atoms with Crippen LogP contribution in [0.4, 0.5) is 9.52 Å². The Hall–Kier alpha value is -2.54. The van der Waals surface area contributed by atoms with Crippen LogP contribution in [-0.2, 0) is 4.79 Å². The first-order valence-electron chi connectivity index (χ1n) is 5.47. The van der Waals surface area contributed by atoms with E-state index >= 15 is 0 Å². The van der Waals surface area contributed by atoms with Gasteiger partial charge in [0.2, 0.25) is 0 Å². The highest BCUT2D eigenvalue weighted by Gasteiger charge is 2.13. The van der Waals surface area contributed by atoms with Crippen molar-refractivity contribution in [3.8, 4) is 0 Å². The molecule has 2 rings (SSSR count). The molecule has 0 saturated carbocycles. The standard InChI is InChI=1S/C13H9FN2O3S/c14-10-3-1-8(2-4-11(17)18)7-9(10)12(19)16-13-15-5-6-20-13/h1-7H,(H,17,18)(H,15,16,19). The summed E-state index contributed by atoms with van der Waals surface area (Å²) in [6.45, 7) is 0. The van der Waals surface area contributed by atoms with Crippen LogP contribution >= 0.6 is 11.3 Å². The lowest BCUT2D eigenvalue weighted by atomic mass is 10.1. The number of carboxylic acids is 1. The molecule has 7 heteroatoms. The van der Waals surface area contributed by atoms with E-state index in [0.29, 0.717) is 10.7 Å². The topological polar surface area (TPSA) is 79.3 Å². The Morgan fingerprint density at radius 3 is 2.85 bits per heavy atom. The van der Waals surface area contributed by atoms with Crippen LogP contribution < -0.4 is 5.32 Å². The van der Waals surface area contributed by atoms with Crippen molar-refractivity contribution in [3.63, 3.8) is 0 Å². The smallest absolute Gasteiger partial charge is 0.328 e. The van der Waals surface area contributed by atoms with Crippen LogP contribution in [0.1, 0.15) is 15.9 Å². The van der Waals surface area contributed by atoms with Crippen LogP contribution in [0.5, 0.6) is 0 Å². The van der Waals surface area contributed by atoms with E-state index in [0.717, 1.165) is 12.1 Å². The number of rotatable bonds is 4. The van der Waals surface area contributed by atoms with Gasteiger partial charge < -0.3 is 5.11 Å². The van der Waals surface area contributed by atoms with Gasteiger partial charge >= 0.3 is 5.97 Å². The number of aromatic nitrogens is 1. The molecule has 102 valence electrons. The summed E-state index contributed by atoms with van der Waals surface area (Å²) in [4.78, 5) is 26.2. The van der Waals surface area contributed by atoms with Crippen LogP contribution in [0.3, 0.4) is 0 Å². The normalized spacial score (nSPS) is 10.7. The molecule has 20 heavy (non-hydrogen) atoms. The number of halogens is 1. The maximum Gasteiger partial charge on any atom is 0.328 e. The van der Waals surface area contributed by atoms with Gasteiger partial charge in [-0.25, -0.2) is 14.2 Å². The molecule has 0 aliphatic rings. The largest absolute Gasteiger partial charge is 0.478 e. The molecule has 1 amide bonds. The fourth-order valence-electron chi connectivity index (χ4n) is 1.44. The Labute approximate surface area is 117 Å². The van der Waals surface area contributed by atoms with Crippen molar-refractivity contribution >= 4 is 34.4 Å². The van der Waals surface area contributed by atoms with Crippen molar-refractivity contribution in [2.45, 2.75) is 0 Å². The van der Waals surface area contributed by atoms with Crippen LogP contribution in [0, 0.1) is 5.82 Å². The quantitative estimate of drug-likeness (QED) is 0.849. The maximum atomic E-state index is 13.6. The third kappa shape index (κ3) is 3.48. The van der Waals surface area contributed by atoms with Gasteiger partial charge in [-0.1, -0.05) is 6.07 Å². The minimum atomic E-state index is -1.12. The number of thiazole rings is 1. The summed E-state index contributed by atoms with van der Waals surface area (Å²) in [6, 6.07) is 3.77. The van der Waals surface area contributed by atoms with E-state index in [1.165, 1.54) is 35.7 Å². The molecule has 0 aliphatic carbocycles. The van der Waals surface area contributed by atoms with Gasteiger partial charge in [0.15, 0.2) is 5.13 Å². The van der Waals surface area contributed by atoms with E-state index in [9.17, 15) is 14.0 Å². The number of hydrogen-bond acceptors (Lipinski definition) is 4. The molecule has 0 bridgehead atoms. The number of hydrogen-bond donors (Lipinski definition) is 2.